The van der Waals surface area contributed by atoms with Gasteiger partial charge in [-0.15, -0.1) is 0 Å². The first-order chi connectivity index (χ1) is 11.0. The molecule has 2 amide bonds. The molecule has 0 radical (unpaired) electrons. The van der Waals surface area contributed by atoms with Crippen LogP contribution in [0.15, 0.2) is 12.2 Å². The van der Waals surface area contributed by atoms with Crippen molar-refractivity contribution in [3.8, 4) is 0 Å². The van der Waals surface area contributed by atoms with Crippen LogP contribution in [0.3, 0.4) is 0 Å². The van der Waals surface area contributed by atoms with Crippen LogP contribution in [-0.4, -0.2) is 37.6 Å². The molecule has 0 N–H and O–H groups in total. The monoisotopic (exact) mass is 345 g/mol. The van der Waals surface area contributed by atoms with Crippen LogP contribution in [0.2, 0.25) is 0 Å². The molecule has 0 atom stereocenters. The Morgan fingerprint density at radius 2 is 1.35 bits per heavy atom. The highest BCUT2D eigenvalue weighted by Crippen LogP contribution is 2.11. The molecule has 130 valence electrons. The summed E-state index contributed by atoms with van der Waals surface area (Å²) in [6, 6.07) is 0. The van der Waals surface area contributed by atoms with Gasteiger partial charge in [-0.1, -0.05) is 38.5 Å². The third-order valence-corrected chi connectivity index (χ3v) is 3.94. The number of carbonyl (C=O) groups excluding carboxylic acids is 3. The van der Waals surface area contributed by atoms with E-state index in [9.17, 15) is 22.8 Å². The summed E-state index contributed by atoms with van der Waals surface area (Å²) in [7, 11) is -3.08. The van der Waals surface area contributed by atoms with Crippen molar-refractivity contribution in [2.24, 2.45) is 0 Å². The van der Waals surface area contributed by atoms with Gasteiger partial charge in [-0.05, 0) is 12.8 Å². The van der Waals surface area contributed by atoms with Crippen LogP contribution in [0.1, 0.15) is 57.8 Å². The molecule has 8 heteroatoms. The molecule has 0 spiro atoms. The number of hydrogen-bond donors (Lipinski definition) is 1. The zero-order chi connectivity index (χ0) is 17.1. The van der Waals surface area contributed by atoms with Gasteiger partial charge in [-0.25, -0.2) is 0 Å². The lowest BCUT2D eigenvalue weighted by molar-refractivity contribution is -0.137. The first-order valence-corrected chi connectivity index (χ1v) is 8.99. The topological polar surface area (TPSA) is 97.8 Å². The molecule has 0 aliphatic carbocycles. The smallest absolute Gasteiger partial charge is 0.321 e. The first kappa shape index (κ1) is 19.3. The summed E-state index contributed by atoms with van der Waals surface area (Å²) in [5.41, 5.74) is 0. The van der Waals surface area contributed by atoms with Gasteiger partial charge >= 0.3 is 17.0 Å². The Hall–Kier alpha value is -1.70. The molecule has 1 rings (SSSR count). The molecule has 0 saturated carbocycles. The Labute approximate surface area is 137 Å². The molecule has 1 aliphatic heterocycles. The standard InChI is InChI=1S/C15H23NO6S/c17-13-10-11-14(18)16(13)12-8-6-4-2-1-3-5-7-9-15(19)22-23(20)21/h10-11,23H,1-9,12H2. The average molecular weight is 345 g/mol. The predicted molar refractivity (Wildman–Crippen MR) is 83.8 cm³/mol. The zero-order valence-corrected chi connectivity index (χ0v) is 14.0. The van der Waals surface area contributed by atoms with Crippen molar-refractivity contribution in [3.63, 3.8) is 0 Å². The van der Waals surface area contributed by atoms with E-state index < -0.39 is 17.0 Å². The maximum atomic E-state index is 11.3. The SMILES string of the molecule is O=C(CCCCCCCCCCN1C(=O)C=CC1=O)O[SH](=O)=O. The molecule has 0 fully saturated rings. The van der Waals surface area contributed by atoms with E-state index in [1.165, 1.54) is 17.1 Å². The van der Waals surface area contributed by atoms with Gasteiger partial charge in [-0.2, -0.15) is 8.42 Å². The van der Waals surface area contributed by atoms with Crippen LogP contribution in [-0.2, 0) is 29.6 Å². The van der Waals surface area contributed by atoms with Crippen molar-refractivity contribution < 1.29 is 27.0 Å². The van der Waals surface area contributed by atoms with Gasteiger partial charge in [-0.3, -0.25) is 19.3 Å². The summed E-state index contributed by atoms with van der Waals surface area (Å²) in [6.45, 7) is 0.481. The number of imide groups is 1. The zero-order valence-electron chi connectivity index (χ0n) is 13.1. The Kier molecular flexibility index (Phi) is 9.20. The summed E-state index contributed by atoms with van der Waals surface area (Å²) in [4.78, 5) is 34.8. The fourth-order valence-electron chi connectivity index (χ4n) is 2.38. The van der Waals surface area contributed by atoms with Gasteiger partial charge < -0.3 is 4.18 Å². The van der Waals surface area contributed by atoms with Crippen molar-refractivity contribution in [3.05, 3.63) is 12.2 Å². The van der Waals surface area contributed by atoms with E-state index in [4.69, 9.17) is 0 Å². The van der Waals surface area contributed by atoms with E-state index >= 15 is 0 Å². The summed E-state index contributed by atoms with van der Waals surface area (Å²) >= 11 is 0. The van der Waals surface area contributed by atoms with Crippen molar-refractivity contribution in [2.45, 2.75) is 57.8 Å². The van der Waals surface area contributed by atoms with Gasteiger partial charge in [0.05, 0.1) is 0 Å². The Bertz CT molecular complexity index is 500. The molecule has 23 heavy (non-hydrogen) atoms. The molecular formula is C15H23NO6S. The van der Waals surface area contributed by atoms with Crippen molar-refractivity contribution in [1.82, 2.24) is 4.90 Å². The van der Waals surface area contributed by atoms with Crippen LogP contribution < -0.4 is 0 Å². The minimum absolute atomic E-state index is 0.134. The lowest BCUT2D eigenvalue weighted by Crippen LogP contribution is -2.30. The van der Waals surface area contributed by atoms with Gasteiger partial charge in [0, 0.05) is 25.1 Å². The second-order valence-corrected chi connectivity index (χ2v) is 6.06. The van der Waals surface area contributed by atoms with Crippen LogP contribution in [0.5, 0.6) is 0 Å². The number of amides is 2. The summed E-state index contributed by atoms with van der Waals surface area (Å²) < 4.78 is 24.3. The molecule has 1 aliphatic rings. The van der Waals surface area contributed by atoms with Gasteiger partial charge in [0.15, 0.2) is 0 Å². The highest BCUT2D eigenvalue weighted by Gasteiger charge is 2.21. The average Bonchev–Trinajstić information content (AvgIpc) is 2.79. The highest BCUT2D eigenvalue weighted by atomic mass is 32.2. The van der Waals surface area contributed by atoms with E-state index in [2.05, 4.69) is 4.18 Å². The maximum Gasteiger partial charge on any atom is 0.321 e. The lowest BCUT2D eigenvalue weighted by atomic mass is 10.1. The lowest BCUT2D eigenvalue weighted by Gasteiger charge is -2.12. The summed E-state index contributed by atoms with van der Waals surface area (Å²) in [5.74, 6) is -1.15. The fourth-order valence-corrected chi connectivity index (χ4v) is 2.64. The molecule has 0 aromatic rings. The Morgan fingerprint density at radius 3 is 1.87 bits per heavy atom. The van der Waals surface area contributed by atoms with E-state index in [0.717, 1.165) is 44.9 Å². The van der Waals surface area contributed by atoms with E-state index in [0.29, 0.717) is 13.0 Å². The number of unbranched alkanes of at least 4 members (excludes halogenated alkanes) is 7. The molecule has 0 unspecified atom stereocenters. The third kappa shape index (κ3) is 8.49. The van der Waals surface area contributed by atoms with Crippen LogP contribution in [0.4, 0.5) is 0 Å². The van der Waals surface area contributed by atoms with Gasteiger partial charge in [0.2, 0.25) is 0 Å². The van der Waals surface area contributed by atoms with E-state index in [1.54, 1.807) is 0 Å². The summed E-state index contributed by atoms with van der Waals surface area (Å²) in [6.07, 6.45) is 10.2. The number of rotatable bonds is 12. The van der Waals surface area contributed by atoms with Crippen molar-refractivity contribution >= 4 is 28.8 Å². The molecule has 0 aromatic heterocycles. The van der Waals surface area contributed by atoms with E-state index in [-0.39, 0.29) is 18.2 Å². The first-order valence-electron chi connectivity index (χ1n) is 7.89. The number of thiol groups is 1. The van der Waals surface area contributed by atoms with Gasteiger partial charge in [0.25, 0.3) is 11.8 Å². The number of nitrogens with zero attached hydrogens (tertiary/aromatic N) is 1. The largest absolute Gasteiger partial charge is 0.348 e. The van der Waals surface area contributed by atoms with Crippen LogP contribution >= 0.6 is 0 Å². The van der Waals surface area contributed by atoms with E-state index in [1.807, 2.05) is 0 Å². The fraction of sp³-hybridized carbons (Fsp3) is 0.667. The predicted octanol–water partition coefficient (Wildman–Crippen LogP) is 1.49. The molecule has 7 nitrogen and oxygen atoms in total. The molecule has 0 aromatic carbocycles. The second-order valence-electron chi connectivity index (χ2n) is 5.43. The normalized spacial score (nSPS) is 14.0. The maximum absolute atomic E-state index is 11.3. The van der Waals surface area contributed by atoms with Crippen LogP contribution in [0, 0.1) is 0 Å². The molecule has 1 heterocycles. The molecule has 0 saturated heterocycles. The number of carbonyl (C=O) groups is 3. The minimum Gasteiger partial charge on any atom is -0.348 e. The number of hydrogen-bond acceptors (Lipinski definition) is 6. The second kappa shape index (κ2) is 10.9. The highest BCUT2D eigenvalue weighted by molar-refractivity contribution is 7.67. The quantitative estimate of drug-likeness (QED) is 0.327. The molecule has 0 bridgehead atoms. The van der Waals surface area contributed by atoms with Crippen LogP contribution in [0.25, 0.3) is 0 Å². The Morgan fingerprint density at radius 1 is 0.870 bits per heavy atom. The minimum atomic E-state index is -3.08. The Balaban J connectivity index is 1.88. The van der Waals surface area contributed by atoms with Crippen molar-refractivity contribution in [1.29, 1.82) is 0 Å². The molecular weight excluding hydrogens is 322 g/mol. The van der Waals surface area contributed by atoms with Crippen molar-refractivity contribution in [2.75, 3.05) is 6.54 Å². The third-order valence-electron chi connectivity index (χ3n) is 3.59. The van der Waals surface area contributed by atoms with Gasteiger partial charge in [0.1, 0.15) is 0 Å². The summed E-state index contributed by atoms with van der Waals surface area (Å²) in [5, 5.41) is 0.